The number of fused-ring (bicyclic) bond motifs is 2. The van der Waals surface area contributed by atoms with Crippen LogP contribution in [0.2, 0.25) is 0 Å². The zero-order valence-electron chi connectivity index (χ0n) is 20.8. The fourth-order valence-electron chi connectivity index (χ4n) is 4.74. The van der Waals surface area contributed by atoms with E-state index in [1.165, 1.54) is 0 Å². The molecule has 0 amide bonds. The van der Waals surface area contributed by atoms with Crippen molar-refractivity contribution in [2.24, 2.45) is 0 Å². The lowest BCUT2D eigenvalue weighted by Crippen LogP contribution is -2.05. The van der Waals surface area contributed by atoms with Crippen LogP contribution in [0.15, 0.2) is 116 Å². The van der Waals surface area contributed by atoms with Crippen LogP contribution < -0.4 is 0 Å². The first-order valence-corrected chi connectivity index (χ1v) is 12.5. The van der Waals surface area contributed by atoms with Crippen molar-refractivity contribution < 1.29 is 14.3 Å². The van der Waals surface area contributed by atoms with E-state index in [4.69, 9.17) is 4.74 Å². The zero-order valence-corrected chi connectivity index (χ0v) is 20.8. The molecule has 0 bridgehead atoms. The summed E-state index contributed by atoms with van der Waals surface area (Å²) in [6, 6.07) is 35.2. The van der Waals surface area contributed by atoms with Crippen molar-refractivity contribution in [2.45, 2.75) is 6.92 Å². The van der Waals surface area contributed by atoms with Gasteiger partial charge in [-0.05, 0) is 47.0 Å². The summed E-state index contributed by atoms with van der Waals surface area (Å²) < 4.78 is 6.99. The summed E-state index contributed by atoms with van der Waals surface area (Å²) in [5.74, 6) is -0.672. The molecule has 0 aliphatic rings. The Morgan fingerprint density at radius 3 is 2.18 bits per heavy atom. The quantitative estimate of drug-likeness (QED) is 0.180. The normalized spacial score (nSPS) is 11.1. The predicted molar refractivity (Wildman–Crippen MR) is 149 cm³/mol. The average molecular weight is 497 g/mol. The van der Waals surface area contributed by atoms with Crippen LogP contribution in [-0.4, -0.2) is 27.7 Å². The Balaban J connectivity index is 1.42. The molecule has 0 fully saturated rings. The van der Waals surface area contributed by atoms with Crippen LogP contribution in [0.3, 0.4) is 0 Å². The van der Waals surface area contributed by atoms with Gasteiger partial charge in [-0.15, -0.1) is 0 Å². The smallest absolute Gasteiger partial charge is 0.340 e. The SMILES string of the molecule is CCOC(=O)c1cc(C(=O)c2ccc(-c3ccccc3)cc2)n2cnc(-c3ccc4ccccc4c3)cc12. The molecule has 2 heterocycles. The van der Waals surface area contributed by atoms with Crippen molar-refractivity contribution in [1.29, 1.82) is 0 Å². The number of aromatic nitrogens is 2. The number of ether oxygens (including phenoxy) is 1. The first kappa shape index (κ1) is 23.4. The Bertz CT molecular complexity index is 1800. The largest absolute Gasteiger partial charge is 0.462 e. The summed E-state index contributed by atoms with van der Waals surface area (Å²) >= 11 is 0. The van der Waals surface area contributed by atoms with Gasteiger partial charge >= 0.3 is 5.97 Å². The number of esters is 1. The third kappa shape index (κ3) is 4.24. The van der Waals surface area contributed by atoms with Gasteiger partial charge < -0.3 is 4.74 Å². The molecular weight excluding hydrogens is 472 g/mol. The minimum absolute atomic E-state index is 0.199. The molecule has 6 rings (SSSR count). The van der Waals surface area contributed by atoms with Crippen LogP contribution >= 0.6 is 0 Å². The number of benzene rings is 4. The highest BCUT2D eigenvalue weighted by atomic mass is 16.5. The molecule has 4 aromatic carbocycles. The molecule has 6 aromatic rings. The van der Waals surface area contributed by atoms with Crippen molar-refractivity contribution in [2.75, 3.05) is 6.61 Å². The number of rotatable bonds is 6. The zero-order chi connectivity index (χ0) is 26.1. The number of hydrogen-bond donors (Lipinski definition) is 0. The summed E-state index contributed by atoms with van der Waals surface area (Å²) in [4.78, 5) is 31.1. The molecule has 0 N–H and O–H groups in total. The van der Waals surface area contributed by atoms with Crippen LogP contribution in [0.1, 0.15) is 33.3 Å². The summed E-state index contributed by atoms with van der Waals surface area (Å²) in [5.41, 5.74) is 5.52. The van der Waals surface area contributed by atoms with E-state index in [0.29, 0.717) is 28.0 Å². The van der Waals surface area contributed by atoms with Crippen molar-refractivity contribution in [1.82, 2.24) is 9.38 Å². The van der Waals surface area contributed by atoms with E-state index in [9.17, 15) is 9.59 Å². The molecule has 5 nitrogen and oxygen atoms in total. The Morgan fingerprint density at radius 2 is 1.42 bits per heavy atom. The van der Waals surface area contributed by atoms with Crippen LogP contribution in [0.4, 0.5) is 0 Å². The van der Waals surface area contributed by atoms with Gasteiger partial charge in [-0.2, -0.15) is 0 Å². The molecule has 0 spiro atoms. The maximum absolute atomic E-state index is 13.6. The van der Waals surface area contributed by atoms with E-state index in [2.05, 4.69) is 29.2 Å². The van der Waals surface area contributed by atoms with Gasteiger partial charge in [-0.3, -0.25) is 9.20 Å². The maximum atomic E-state index is 13.6. The van der Waals surface area contributed by atoms with Crippen LogP contribution in [0, 0.1) is 0 Å². The minimum Gasteiger partial charge on any atom is -0.462 e. The molecule has 5 heteroatoms. The molecule has 0 saturated carbocycles. The Hall–Kier alpha value is -5.03. The van der Waals surface area contributed by atoms with Gasteiger partial charge in [0, 0.05) is 11.1 Å². The van der Waals surface area contributed by atoms with E-state index in [0.717, 1.165) is 27.5 Å². The third-order valence-corrected chi connectivity index (χ3v) is 6.69. The first-order valence-electron chi connectivity index (χ1n) is 12.5. The number of ketones is 1. The van der Waals surface area contributed by atoms with Crippen molar-refractivity contribution >= 4 is 28.0 Å². The van der Waals surface area contributed by atoms with Crippen molar-refractivity contribution in [3.05, 3.63) is 132 Å². The van der Waals surface area contributed by atoms with E-state index < -0.39 is 5.97 Å². The number of hydrogen-bond acceptors (Lipinski definition) is 4. The summed E-state index contributed by atoms with van der Waals surface area (Å²) in [7, 11) is 0. The standard InChI is InChI=1S/C33H24N2O3/c1-2-38-33(37)28-19-31(32(36)25-15-12-24(13-16-25)22-8-4-3-5-9-22)35-21-34-29(20-30(28)35)27-17-14-23-10-6-7-11-26(23)18-27/h3-21H,2H2,1H3. The van der Waals surface area contributed by atoms with E-state index in [1.807, 2.05) is 78.9 Å². The number of nitrogens with zero attached hydrogens (tertiary/aromatic N) is 2. The fraction of sp³-hybridized carbons (Fsp3) is 0.0606. The highest BCUT2D eigenvalue weighted by Gasteiger charge is 2.22. The Labute approximate surface area is 220 Å². The lowest BCUT2D eigenvalue weighted by Gasteiger charge is -2.07. The van der Waals surface area contributed by atoms with Gasteiger partial charge in [0.15, 0.2) is 0 Å². The Morgan fingerprint density at radius 1 is 0.737 bits per heavy atom. The molecule has 0 unspecified atom stereocenters. The van der Waals surface area contributed by atoms with E-state index >= 15 is 0 Å². The lowest BCUT2D eigenvalue weighted by molar-refractivity contribution is 0.0529. The minimum atomic E-state index is -0.473. The number of carbonyl (C=O) groups excluding carboxylic acids is 2. The monoisotopic (exact) mass is 496 g/mol. The summed E-state index contributed by atoms with van der Waals surface area (Å²) in [6.45, 7) is 2.00. The second-order valence-corrected chi connectivity index (χ2v) is 9.03. The highest BCUT2D eigenvalue weighted by Crippen LogP contribution is 2.28. The average Bonchev–Trinajstić information content (AvgIpc) is 3.36. The van der Waals surface area contributed by atoms with Crippen molar-refractivity contribution in [3.8, 4) is 22.4 Å². The second-order valence-electron chi connectivity index (χ2n) is 9.03. The van der Waals surface area contributed by atoms with Crippen molar-refractivity contribution in [3.63, 3.8) is 0 Å². The Kier molecular flexibility index (Phi) is 6.02. The molecule has 2 aromatic heterocycles. The summed E-state index contributed by atoms with van der Waals surface area (Å²) in [5, 5.41) is 2.24. The van der Waals surface area contributed by atoms with Crippen LogP contribution in [-0.2, 0) is 4.74 Å². The molecular formula is C33H24N2O3. The topological polar surface area (TPSA) is 60.7 Å². The maximum Gasteiger partial charge on any atom is 0.340 e. The van der Waals surface area contributed by atoms with Gasteiger partial charge in [0.25, 0.3) is 0 Å². The molecule has 0 radical (unpaired) electrons. The van der Waals surface area contributed by atoms with Gasteiger partial charge in [0.1, 0.15) is 6.33 Å². The van der Waals surface area contributed by atoms with E-state index in [-0.39, 0.29) is 12.4 Å². The highest BCUT2D eigenvalue weighted by molar-refractivity contribution is 6.11. The summed E-state index contributed by atoms with van der Waals surface area (Å²) in [6.07, 6.45) is 1.61. The van der Waals surface area contributed by atoms with Crippen LogP contribution in [0.5, 0.6) is 0 Å². The fourth-order valence-corrected chi connectivity index (χ4v) is 4.74. The molecule has 0 atom stereocenters. The second kappa shape index (κ2) is 9.79. The van der Waals surface area contributed by atoms with Crippen LogP contribution in [0.25, 0.3) is 38.7 Å². The lowest BCUT2D eigenvalue weighted by atomic mass is 10.0. The third-order valence-electron chi connectivity index (χ3n) is 6.69. The molecule has 38 heavy (non-hydrogen) atoms. The van der Waals surface area contributed by atoms with Gasteiger partial charge in [-0.25, -0.2) is 9.78 Å². The predicted octanol–water partition coefficient (Wildman–Crippen LogP) is 7.23. The molecule has 0 aliphatic heterocycles. The molecule has 0 aliphatic carbocycles. The van der Waals surface area contributed by atoms with Gasteiger partial charge in [0.2, 0.25) is 5.78 Å². The van der Waals surface area contributed by atoms with Gasteiger partial charge in [-0.1, -0.05) is 91.0 Å². The van der Waals surface area contributed by atoms with Gasteiger partial charge in [0.05, 0.1) is 29.1 Å². The number of carbonyl (C=O) groups is 2. The molecule has 184 valence electrons. The van der Waals surface area contributed by atoms with E-state index in [1.54, 1.807) is 23.7 Å². The first-order chi connectivity index (χ1) is 18.6. The molecule has 0 saturated heterocycles.